The molecule has 0 aliphatic heterocycles. The fourth-order valence-electron chi connectivity index (χ4n) is 11.6. The zero-order valence-electron chi connectivity index (χ0n) is 36.7. The summed E-state index contributed by atoms with van der Waals surface area (Å²) in [5.41, 5.74) is 20.9. The highest BCUT2D eigenvalue weighted by atomic mass is 15.1. The molecule has 0 bridgehead atoms. The molecule has 1 aliphatic carbocycles. The Morgan fingerprint density at radius 3 is 1.61 bits per heavy atom. The van der Waals surface area contributed by atoms with E-state index < -0.39 is 0 Å². The molecule has 0 saturated carbocycles. The number of rotatable bonds is 6. The Morgan fingerprint density at radius 1 is 0.364 bits per heavy atom. The molecule has 3 heteroatoms. The van der Waals surface area contributed by atoms with Crippen LogP contribution in [0.25, 0.3) is 99.0 Å². The van der Waals surface area contributed by atoms with Gasteiger partial charge in [-0.1, -0.05) is 166 Å². The van der Waals surface area contributed by atoms with Gasteiger partial charge in [0.15, 0.2) is 0 Å². The molecule has 3 heterocycles. The van der Waals surface area contributed by atoms with E-state index in [1.54, 1.807) is 0 Å². The number of anilines is 3. The van der Waals surface area contributed by atoms with Crippen LogP contribution in [0.1, 0.15) is 25.0 Å². The normalized spacial score (nSPS) is 13.1. The van der Waals surface area contributed by atoms with Gasteiger partial charge in [-0.15, -0.1) is 0 Å². The number of hydrogen-bond acceptors (Lipinski definition) is 1. The van der Waals surface area contributed by atoms with Crippen molar-refractivity contribution in [3.63, 3.8) is 0 Å². The first-order valence-electron chi connectivity index (χ1n) is 23.0. The van der Waals surface area contributed by atoms with Crippen LogP contribution in [0.4, 0.5) is 17.1 Å². The van der Waals surface area contributed by atoms with Crippen molar-refractivity contribution >= 4 is 77.0 Å². The molecule has 1 aliphatic rings. The molecule has 66 heavy (non-hydrogen) atoms. The third kappa shape index (κ3) is 5.20. The second-order valence-corrected chi connectivity index (χ2v) is 18.5. The first-order chi connectivity index (χ1) is 32.5. The van der Waals surface area contributed by atoms with Gasteiger partial charge < -0.3 is 13.9 Å². The predicted octanol–water partition coefficient (Wildman–Crippen LogP) is 17.0. The number of fused-ring (bicyclic) bond motifs is 12. The Balaban J connectivity index is 0.930. The van der Waals surface area contributed by atoms with Crippen molar-refractivity contribution in [2.75, 3.05) is 4.90 Å². The summed E-state index contributed by atoms with van der Waals surface area (Å²) in [6, 6.07) is 83.1. The van der Waals surface area contributed by atoms with Crippen molar-refractivity contribution in [1.82, 2.24) is 8.97 Å². The smallest absolute Gasteiger partial charge is 0.0641 e. The van der Waals surface area contributed by atoms with Crippen LogP contribution in [0.5, 0.6) is 0 Å². The molecular formula is C63H43N3. The molecule has 0 fully saturated rings. The highest BCUT2D eigenvalue weighted by Gasteiger charge is 2.35. The molecule has 0 unspecified atom stereocenters. The molecule has 10 aromatic carbocycles. The summed E-state index contributed by atoms with van der Waals surface area (Å²) in [7, 11) is 0. The van der Waals surface area contributed by atoms with Crippen LogP contribution in [0.3, 0.4) is 0 Å². The summed E-state index contributed by atoms with van der Waals surface area (Å²) in [5, 5.41) is 7.57. The summed E-state index contributed by atoms with van der Waals surface area (Å²) in [4.78, 5) is 2.46. The van der Waals surface area contributed by atoms with Gasteiger partial charge in [0.05, 0.1) is 33.3 Å². The molecular weight excluding hydrogens is 799 g/mol. The molecule has 3 aromatic heterocycles. The highest BCUT2D eigenvalue weighted by molar-refractivity contribution is 6.27. The number of benzene rings is 10. The van der Waals surface area contributed by atoms with Crippen molar-refractivity contribution in [2.24, 2.45) is 0 Å². The summed E-state index contributed by atoms with van der Waals surface area (Å²) in [6.45, 7) is 4.69. The van der Waals surface area contributed by atoms with Gasteiger partial charge in [-0.05, 0) is 117 Å². The zero-order chi connectivity index (χ0) is 43.7. The first-order valence-corrected chi connectivity index (χ1v) is 23.0. The van der Waals surface area contributed by atoms with Gasteiger partial charge in [0.2, 0.25) is 0 Å². The van der Waals surface area contributed by atoms with Gasteiger partial charge in [-0.3, -0.25) is 0 Å². The van der Waals surface area contributed by atoms with Crippen LogP contribution in [-0.2, 0) is 5.41 Å². The van der Waals surface area contributed by atoms with Crippen molar-refractivity contribution in [3.05, 3.63) is 236 Å². The molecule has 3 nitrogen and oxygen atoms in total. The lowest BCUT2D eigenvalue weighted by Gasteiger charge is -2.27. The third-order valence-electron chi connectivity index (χ3n) is 14.7. The van der Waals surface area contributed by atoms with Crippen molar-refractivity contribution in [1.29, 1.82) is 0 Å². The Morgan fingerprint density at radius 2 is 0.879 bits per heavy atom. The van der Waals surface area contributed by atoms with Gasteiger partial charge in [-0.25, -0.2) is 0 Å². The molecule has 0 atom stereocenters. The molecule has 0 spiro atoms. The number of hydrogen-bond donors (Lipinski definition) is 0. The topological polar surface area (TPSA) is 12.6 Å². The van der Waals surface area contributed by atoms with Crippen molar-refractivity contribution < 1.29 is 0 Å². The largest absolute Gasteiger partial charge is 0.310 e. The second kappa shape index (κ2) is 13.8. The van der Waals surface area contributed by atoms with Crippen molar-refractivity contribution in [3.8, 4) is 39.1 Å². The molecule has 13 aromatic rings. The Bertz CT molecular complexity index is 4060. The standard InChI is InChI=1S/C63H43N3/c1-63(2)54-20-10-6-16-47(54)53-38-42(29-36-55(53)63)40-24-30-45(31-25-40)64(59-37-35-51-49-18-8-12-22-57(49)66-58-23-13-9-19-52(58)61(59)62(51)66)46-32-26-41(27-33-46)43-28-34-50-48-17-7-11-21-56(48)65(60(50)39-43)44-14-4-3-5-15-44/h3-39H,1-2H3. The predicted molar refractivity (Wildman–Crippen MR) is 279 cm³/mol. The number of para-hydroxylation sites is 4. The molecule has 310 valence electrons. The van der Waals surface area contributed by atoms with Gasteiger partial charge in [0.1, 0.15) is 0 Å². The molecule has 0 amide bonds. The van der Waals surface area contributed by atoms with E-state index in [0.29, 0.717) is 0 Å². The second-order valence-electron chi connectivity index (χ2n) is 18.5. The van der Waals surface area contributed by atoms with Crippen LogP contribution < -0.4 is 4.90 Å². The SMILES string of the molecule is CC1(C)c2ccccc2-c2cc(-c3ccc(N(c4ccc(-c5ccc6c7ccccc7n(-c7ccccc7)c6c5)cc4)c4ccc5c6ccccc6n6c7ccccc7c4c56)cc3)ccc21. The highest BCUT2D eigenvalue weighted by Crippen LogP contribution is 2.51. The third-order valence-corrected chi connectivity index (χ3v) is 14.7. The first kappa shape index (κ1) is 37.0. The number of aromatic nitrogens is 2. The Kier molecular flexibility index (Phi) is 7.74. The Hall–Kier alpha value is -8.40. The maximum absolute atomic E-state index is 2.47. The van der Waals surface area contributed by atoms with Crippen molar-refractivity contribution in [2.45, 2.75) is 19.3 Å². The van der Waals surface area contributed by atoms with Gasteiger partial charge in [-0.2, -0.15) is 0 Å². The van der Waals surface area contributed by atoms with Crippen LogP contribution in [0.15, 0.2) is 224 Å². The number of nitrogens with zero attached hydrogens (tertiary/aromatic N) is 3. The summed E-state index contributed by atoms with van der Waals surface area (Å²) >= 11 is 0. The lowest BCUT2D eigenvalue weighted by atomic mass is 9.82. The maximum Gasteiger partial charge on any atom is 0.0641 e. The van der Waals surface area contributed by atoms with E-state index in [9.17, 15) is 0 Å². The van der Waals surface area contributed by atoms with Crippen LogP contribution in [0, 0.1) is 0 Å². The van der Waals surface area contributed by atoms with E-state index in [-0.39, 0.29) is 5.41 Å². The van der Waals surface area contributed by atoms with E-state index in [1.807, 2.05) is 0 Å². The molecule has 0 N–H and O–H groups in total. The molecule has 14 rings (SSSR count). The molecule has 0 saturated heterocycles. The molecule has 0 radical (unpaired) electrons. The Labute approximate surface area is 383 Å². The summed E-state index contributed by atoms with van der Waals surface area (Å²) < 4.78 is 4.87. The maximum atomic E-state index is 2.47. The minimum Gasteiger partial charge on any atom is -0.310 e. The van der Waals surface area contributed by atoms with Crippen LogP contribution >= 0.6 is 0 Å². The zero-order valence-corrected chi connectivity index (χ0v) is 36.7. The van der Waals surface area contributed by atoms with Gasteiger partial charge >= 0.3 is 0 Å². The van der Waals surface area contributed by atoms with Crippen LogP contribution in [0.2, 0.25) is 0 Å². The van der Waals surface area contributed by atoms with Gasteiger partial charge in [0, 0.05) is 54.8 Å². The van der Waals surface area contributed by atoms with E-state index in [2.05, 4.69) is 252 Å². The minimum atomic E-state index is -0.0217. The monoisotopic (exact) mass is 841 g/mol. The quantitative estimate of drug-likeness (QED) is 0.162. The fraction of sp³-hybridized carbons (Fsp3) is 0.0476. The average Bonchev–Trinajstić information content (AvgIpc) is 4.08. The minimum absolute atomic E-state index is 0.0217. The summed E-state index contributed by atoms with van der Waals surface area (Å²) in [6.07, 6.45) is 0. The summed E-state index contributed by atoms with van der Waals surface area (Å²) in [5.74, 6) is 0. The lowest BCUT2D eigenvalue weighted by molar-refractivity contribution is 0.660. The van der Waals surface area contributed by atoms with E-state index >= 15 is 0 Å². The van der Waals surface area contributed by atoms with Crippen LogP contribution in [-0.4, -0.2) is 8.97 Å². The van der Waals surface area contributed by atoms with E-state index in [0.717, 1.165) is 22.7 Å². The lowest BCUT2D eigenvalue weighted by Crippen LogP contribution is -2.14. The average molecular weight is 842 g/mol. The van der Waals surface area contributed by atoms with Gasteiger partial charge in [0.25, 0.3) is 0 Å². The van der Waals surface area contributed by atoms with E-state index in [1.165, 1.54) is 104 Å². The fourth-order valence-corrected chi connectivity index (χ4v) is 11.6. The van der Waals surface area contributed by atoms with E-state index in [4.69, 9.17) is 0 Å².